The van der Waals surface area contributed by atoms with E-state index in [-0.39, 0.29) is 23.0 Å². The van der Waals surface area contributed by atoms with Crippen LogP contribution in [0.25, 0.3) is 11.1 Å². The Morgan fingerprint density at radius 3 is 1.70 bits per heavy atom. The number of hydrogen-bond acceptors (Lipinski definition) is 3. The molecular weight excluding hydrogens is 773 g/mol. The summed E-state index contributed by atoms with van der Waals surface area (Å²) in [6.07, 6.45) is 0. The topological polar surface area (TPSA) is 9.72 Å². The zero-order chi connectivity index (χ0) is 44.3. The number of hydrogen-bond donors (Lipinski definition) is 0. The van der Waals surface area contributed by atoms with Gasteiger partial charge in [0.25, 0.3) is 6.71 Å². The lowest BCUT2D eigenvalue weighted by Crippen LogP contribution is -2.61. The molecule has 3 aliphatic rings. The van der Waals surface area contributed by atoms with Gasteiger partial charge < -0.3 is 14.7 Å². The van der Waals surface area contributed by atoms with Gasteiger partial charge in [-0.05, 0) is 146 Å². The van der Waals surface area contributed by atoms with Crippen molar-refractivity contribution >= 4 is 74.3 Å². The zero-order valence-corrected chi connectivity index (χ0v) is 38.7. The molecule has 0 radical (unpaired) electrons. The molecule has 2 aliphatic heterocycles. The van der Waals surface area contributed by atoms with E-state index in [4.69, 9.17) is 0 Å². The minimum Gasteiger partial charge on any atom is -0.311 e. The minimum atomic E-state index is -0.226. The Kier molecular flexibility index (Phi) is 8.99. The van der Waals surface area contributed by atoms with E-state index in [1.807, 2.05) is 0 Å². The second kappa shape index (κ2) is 14.4. The summed E-state index contributed by atoms with van der Waals surface area (Å²) in [7, 11) is 0. The second-order valence-corrected chi connectivity index (χ2v) is 20.8. The second-order valence-electron chi connectivity index (χ2n) is 20.8. The van der Waals surface area contributed by atoms with E-state index in [0.29, 0.717) is 0 Å². The van der Waals surface area contributed by atoms with Gasteiger partial charge in [-0.25, -0.2) is 0 Å². The van der Waals surface area contributed by atoms with Crippen molar-refractivity contribution in [3.63, 3.8) is 0 Å². The third-order valence-corrected chi connectivity index (χ3v) is 14.1. The molecule has 0 saturated heterocycles. The minimum absolute atomic E-state index is 0.00262. The summed E-state index contributed by atoms with van der Waals surface area (Å²) in [5.74, 6) is 0. The summed E-state index contributed by atoms with van der Waals surface area (Å²) in [5, 5.41) is 0. The predicted octanol–water partition coefficient (Wildman–Crippen LogP) is 14.4. The monoisotopic (exact) mass is 829 g/mol. The van der Waals surface area contributed by atoms with Gasteiger partial charge in [-0.2, -0.15) is 0 Å². The lowest BCUT2D eigenvalue weighted by atomic mass is 9.33. The Hall–Kier alpha value is -6.78. The normalized spacial score (nSPS) is 14.4. The van der Waals surface area contributed by atoms with Crippen LogP contribution in [-0.4, -0.2) is 6.71 Å². The largest absolute Gasteiger partial charge is 0.311 e. The molecule has 0 unspecified atom stereocenters. The highest BCUT2D eigenvalue weighted by Gasteiger charge is 2.46. The molecule has 4 heteroatoms. The SMILES string of the molecule is Cc1cc2c3c(c1)N(c1cccc4c1C(C)(C)c1ccccc1-4)c1cc(N(c4ccccc4)c4ccccc4)ccc1B3c1cc(C(C)(C)C)ccc1N2c1ccc(C(C)(C)C)cc1. The number of rotatable bonds is 5. The summed E-state index contributed by atoms with van der Waals surface area (Å²) >= 11 is 0. The number of para-hydroxylation sites is 2. The average Bonchev–Trinajstić information content (AvgIpc) is 3.52. The molecule has 0 amide bonds. The highest BCUT2D eigenvalue weighted by atomic mass is 15.2. The van der Waals surface area contributed by atoms with Crippen LogP contribution in [0, 0.1) is 6.92 Å². The quantitative estimate of drug-likeness (QED) is 0.160. The Balaban J connectivity index is 1.24. The smallest absolute Gasteiger partial charge is 0.252 e. The molecule has 0 fully saturated rings. The van der Waals surface area contributed by atoms with Crippen LogP contribution >= 0.6 is 0 Å². The Morgan fingerprint density at radius 2 is 1.05 bits per heavy atom. The van der Waals surface area contributed by atoms with Gasteiger partial charge in [0.05, 0.1) is 5.69 Å². The van der Waals surface area contributed by atoms with Gasteiger partial charge in [-0.3, -0.25) is 0 Å². The van der Waals surface area contributed by atoms with Gasteiger partial charge in [0.2, 0.25) is 0 Å². The number of benzene rings is 8. The molecule has 0 aromatic heterocycles. The fourth-order valence-corrected chi connectivity index (χ4v) is 11.0. The van der Waals surface area contributed by atoms with Crippen molar-refractivity contribution in [3.8, 4) is 11.1 Å². The maximum absolute atomic E-state index is 2.64. The van der Waals surface area contributed by atoms with Crippen molar-refractivity contribution in [1.29, 1.82) is 0 Å². The van der Waals surface area contributed by atoms with E-state index in [2.05, 4.69) is 253 Å². The molecule has 3 nitrogen and oxygen atoms in total. The molecular formula is C60H56BN3. The average molecular weight is 830 g/mol. The molecule has 0 spiro atoms. The van der Waals surface area contributed by atoms with Crippen LogP contribution in [0.2, 0.25) is 0 Å². The number of anilines is 9. The van der Waals surface area contributed by atoms with Crippen molar-refractivity contribution in [2.45, 2.75) is 78.6 Å². The zero-order valence-electron chi connectivity index (χ0n) is 38.7. The van der Waals surface area contributed by atoms with Crippen LogP contribution in [0.15, 0.2) is 176 Å². The lowest BCUT2D eigenvalue weighted by Gasteiger charge is -2.46. The van der Waals surface area contributed by atoms with E-state index in [1.165, 1.54) is 89.5 Å². The first-order valence-corrected chi connectivity index (χ1v) is 23.0. The van der Waals surface area contributed by atoms with E-state index < -0.39 is 0 Å². The summed E-state index contributed by atoms with van der Waals surface area (Å²) in [6.45, 7) is 21.0. The van der Waals surface area contributed by atoms with Crippen molar-refractivity contribution in [2.75, 3.05) is 14.7 Å². The van der Waals surface area contributed by atoms with Gasteiger partial charge in [0.15, 0.2) is 0 Å². The fraction of sp³-hybridized carbons (Fsp3) is 0.200. The van der Waals surface area contributed by atoms with Gasteiger partial charge >= 0.3 is 0 Å². The van der Waals surface area contributed by atoms with Gasteiger partial charge in [-0.1, -0.05) is 159 Å². The van der Waals surface area contributed by atoms with E-state index in [1.54, 1.807) is 0 Å². The van der Waals surface area contributed by atoms with Gasteiger partial charge in [-0.15, -0.1) is 0 Å². The highest BCUT2D eigenvalue weighted by Crippen LogP contribution is 2.55. The van der Waals surface area contributed by atoms with Crippen molar-refractivity contribution in [2.24, 2.45) is 0 Å². The summed E-state index contributed by atoms with van der Waals surface area (Å²) in [5.41, 5.74) is 23.8. The lowest BCUT2D eigenvalue weighted by molar-refractivity contribution is 0.590. The van der Waals surface area contributed by atoms with E-state index >= 15 is 0 Å². The molecule has 0 bridgehead atoms. The van der Waals surface area contributed by atoms with Crippen LogP contribution in [0.1, 0.15) is 83.2 Å². The molecule has 0 atom stereocenters. The summed E-state index contributed by atoms with van der Waals surface area (Å²) < 4.78 is 0. The molecule has 11 rings (SSSR count). The standard InChI is InChI=1S/C60H56BN3/c1-39-35-54-57-55(36-39)64(52-26-18-24-47-46-23-16-17-25-48(46)60(8,9)56(47)52)53-38-45(62(42-19-12-10-13-20-42)43-21-14-11-15-22-43)32-33-49(53)61(57)50-37-41(59(5,6)7)29-34-51(50)63(54)44-30-27-40(28-31-44)58(2,3)4/h10-38H,1-9H3. The molecule has 8 aromatic rings. The van der Waals surface area contributed by atoms with Gasteiger partial charge in [0.1, 0.15) is 0 Å². The molecule has 64 heavy (non-hydrogen) atoms. The first kappa shape index (κ1) is 40.0. The van der Waals surface area contributed by atoms with Crippen LogP contribution in [0.4, 0.5) is 51.2 Å². The molecule has 8 aromatic carbocycles. The van der Waals surface area contributed by atoms with E-state index in [0.717, 1.165) is 17.1 Å². The third-order valence-electron chi connectivity index (χ3n) is 14.1. The van der Waals surface area contributed by atoms with Crippen LogP contribution in [0.3, 0.4) is 0 Å². The Labute approximate surface area is 380 Å². The molecule has 2 heterocycles. The van der Waals surface area contributed by atoms with Gasteiger partial charge in [0, 0.05) is 50.9 Å². The molecule has 314 valence electrons. The maximum atomic E-state index is 2.64. The molecule has 0 saturated carbocycles. The first-order chi connectivity index (χ1) is 30.7. The summed E-state index contributed by atoms with van der Waals surface area (Å²) in [4.78, 5) is 7.59. The fourth-order valence-electron chi connectivity index (χ4n) is 11.0. The molecule has 0 N–H and O–H groups in total. The maximum Gasteiger partial charge on any atom is 0.252 e. The van der Waals surface area contributed by atoms with E-state index in [9.17, 15) is 0 Å². The van der Waals surface area contributed by atoms with Crippen molar-refractivity contribution in [1.82, 2.24) is 0 Å². The highest BCUT2D eigenvalue weighted by molar-refractivity contribution is 7.00. The molecule has 1 aliphatic carbocycles. The van der Waals surface area contributed by atoms with Crippen LogP contribution in [-0.2, 0) is 16.2 Å². The Morgan fingerprint density at radius 1 is 0.453 bits per heavy atom. The Bertz CT molecular complexity index is 3080. The first-order valence-electron chi connectivity index (χ1n) is 23.0. The van der Waals surface area contributed by atoms with Crippen LogP contribution < -0.4 is 31.1 Å². The predicted molar refractivity (Wildman–Crippen MR) is 275 cm³/mol. The number of nitrogens with zero attached hydrogens (tertiary/aromatic N) is 3. The third kappa shape index (κ3) is 6.17. The number of aryl methyl sites for hydroxylation is 1. The van der Waals surface area contributed by atoms with Crippen molar-refractivity contribution < 1.29 is 0 Å². The summed E-state index contributed by atoms with van der Waals surface area (Å²) in [6, 6.07) is 66.4. The van der Waals surface area contributed by atoms with Crippen LogP contribution in [0.5, 0.6) is 0 Å². The van der Waals surface area contributed by atoms with Crippen molar-refractivity contribution in [3.05, 3.63) is 204 Å². The number of fused-ring (bicyclic) bond motifs is 7.